The zero-order chi connectivity index (χ0) is 17.4. The Morgan fingerprint density at radius 2 is 1.33 bits per heavy atom. The predicted molar refractivity (Wildman–Crippen MR) is 99.9 cm³/mol. The van der Waals surface area contributed by atoms with Gasteiger partial charge in [0.2, 0.25) is 0 Å². The molecule has 0 N–H and O–H groups in total. The summed E-state index contributed by atoms with van der Waals surface area (Å²) >= 11 is 0. The molecule has 0 aromatic heterocycles. The molecular formula is C22H30O2. The first-order chi connectivity index (χ1) is 11.7. The second-order valence-corrected chi connectivity index (χ2v) is 6.81. The number of aryl methyl sites for hydroxylation is 1. The molecule has 0 heterocycles. The van der Waals surface area contributed by atoms with Crippen molar-refractivity contribution < 1.29 is 9.59 Å². The molecule has 0 amide bonds. The molecule has 0 fully saturated rings. The second kappa shape index (κ2) is 9.56. The summed E-state index contributed by atoms with van der Waals surface area (Å²) in [7, 11) is 0. The predicted octanol–water partition coefficient (Wildman–Crippen LogP) is 5.87. The minimum absolute atomic E-state index is 0.00509. The lowest BCUT2D eigenvalue weighted by Crippen LogP contribution is -2.16. The molecule has 1 aromatic carbocycles. The second-order valence-electron chi connectivity index (χ2n) is 6.81. The number of allylic oxidation sites excluding steroid dienone is 2. The molecule has 1 aliphatic rings. The third-order valence-corrected chi connectivity index (χ3v) is 4.89. The van der Waals surface area contributed by atoms with Crippen molar-refractivity contribution in [2.45, 2.75) is 78.1 Å². The Morgan fingerprint density at radius 3 is 2.00 bits per heavy atom. The smallest absolute Gasteiger partial charge is 0.187 e. The van der Waals surface area contributed by atoms with Crippen molar-refractivity contribution in [3.63, 3.8) is 0 Å². The third kappa shape index (κ3) is 4.66. The number of rotatable bonds is 10. The maximum absolute atomic E-state index is 12.4. The highest BCUT2D eigenvalue weighted by Gasteiger charge is 2.23. The Morgan fingerprint density at radius 1 is 0.708 bits per heavy atom. The van der Waals surface area contributed by atoms with Crippen molar-refractivity contribution in [2.24, 2.45) is 0 Å². The van der Waals surface area contributed by atoms with E-state index < -0.39 is 0 Å². The van der Waals surface area contributed by atoms with Gasteiger partial charge >= 0.3 is 0 Å². The van der Waals surface area contributed by atoms with E-state index in [1.54, 1.807) is 0 Å². The fourth-order valence-corrected chi connectivity index (χ4v) is 3.49. The van der Waals surface area contributed by atoms with Crippen LogP contribution in [0.3, 0.4) is 0 Å². The molecular weight excluding hydrogens is 296 g/mol. The van der Waals surface area contributed by atoms with Gasteiger partial charge in [0.15, 0.2) is 11.6 Å². The Bertz CT molecular complexity index is 611. The molecule has 2 heteroatoms. The molecule has 0 saturated heterocycles. The molecule has 24 heavy (non-hydrogen) atoms. The molecule has 1 aromatic rings. The number of hydrogen-bond donors (Lipinski definition) is 0. The molecule has 130 valence electrons. The lowest BCUT2D eigenvalue weighted by Gasteiger charge is -2.18. The first-order valence-electron chi connectivity index (χ1n) is 9.60. The van der Waals surface area contributed by atoms with E-state index in [9.17, 15) is 9.59 Å². The van der Waals surface area contributed by atoms with Gasteiger partial charge in [-0.15, -0.1) is 0 Å². The minimum atomic E-state index is -0.0306. The lowest BCUT2D eigenvalue weighted by molar-refractivity contribution is 0.0993. The van der Waals surface area contributed by atoms with Gasteiger partial charge in [0.1, 0.15) is 0 Å². The van der Waals surface area contributed by atoms with Gasteiger partial charge in [-0.1, -0.05) is 64.5 Å². The highest BCUT2D eigenvalue weighted by molar-refractivity contribution is 6.22. The Hall–Kier alpha value is -1.70. The van der Waals surface area contributed by atoms with E-state index in [0.717, 1.165) is 31.2 Å². The SMILES string of the molecule is CCCCCCc1ccc2c(c1CCCCCC)C(=O)C=CC2=O. The van der Waals surface area contributed by atoms with Gasteiger partial charge in [-0.05, 0) is 49.0 Å². The van der Waals surface area contributed by atoms with E-state index in [2.05, 4.69) is 19.9 Å². The topological polar surface area (TPSA) is 34.1 Å². The summed E-state index contributed by atoms with van der Waals surface area (Å²) in [5.74, 6) is -0.0255. The Balaban J connectivity index is 2.24. The average Bonchev–Trinajstić information content (AvgIpc) is 2.59. The van der Waals surface area contributed by atoms with Gasteiger partial charge in [-0.2, -0.15) is 0 Å². The largest absolute Gasteiger partial charge is 0.289 e. The standard InChI is InChI=1S/C22H30O2/c1-3-5-7-9-11-17-13-14-19-20(23)15-16-21(24)22(19)18(17)12-10-8-6-4-2/h13-16H,3-12H2,1-2H3. The van der Waals surface area contributed by atoms with Crippen LogP contribution in [0.2, 0.25) is 0 Å². The number of carbonyl (C=O) groups is 2. The van der Waals surface area contributed by atoms with Crippen molar-refractivity contribution >= 4 is 11.6 Å². The number of unbranched alkanes of at least 4 members (excludes halogenated alkanes) is 6. The molecule has 0 saturated carbocycles. The van der Waals surface area contributed by atoms with Crippen LogP contribution in [0.5, 0.6) is 0 Å². The quantitative estimate of drug-likeness (QED) is 0.504. The molecule has 1 aliphatic carbocycles. The van der Waals surface area contributed by atoms with Crippen LogP contribution in [-0.4, -0.2) is 11.6 Å². The molecule has 0 unspecified atom stereocenters. The zero-order valence-electron chi connectivity index (χ0n) is 15.2. The molecule has 2 rings (SSSR count). The van der Waals surface area contributed by atoms with Crippen LogP contribution in [0.4, 0.5) is 0 Å². The highest BCUT2D eigenvalue weighted by Crippen LogP contribution is 2.27. The summed E-state index contributed by atoms with van der Waals surface area (Å²) in [5, 5.41) is 0. The summed E-state index contributed by atoms with van der Waals surface area (Å²) in [6, 6.07) is 3.95. The van der Waals surface area contributed by atoms with Crippen molar-refractivity contribution in [3.8, 4) is 0 Å². The maximum atomic E-state index is 12.4. The molecule has 0 spiro atoms. The van der Waals surface area contributed by atoms with E-state index in [1.165, 1.54) is 56.2 Å². The van der Waals surface area contributed by atoms with Crippen molar-refractivity contribution in [1.29, 1.82) is 0 Å². The van der Waals surface area contributed by atoms with Crippen molar-refractivity contribution in [3.05, 3.63) is 46.5 Å². The highest BCUT2D eigenvalue weighted by atomic mass is 16.1. The van der Waals surface area contributed by atoms with E-state index in [4.69, 9.17) is 0 Å². The van der Waals surface area contributed by atoms with Crippen molar-refractivity contribution in [1.82, 2.24) is 0 Å². The average molecular weight is 326 g/mol. The summed E-state index contributed by atoms with van der Waals surface area (Å²) < 4.78 is 0. The fourth-order valence-electron chi connectivity index (χ4n) is 3.49. The van der Waals surface area contributed by atoms with Crippen LogP contribution in [-0.2, 0) is 12.8 Å². The Kier molecular flexibility index (Phi) is 7.42. The van der Waals surface area contributed by atoms with Gasteiger partial charge in [-0.25, -0.2) is 0 Å². The minimum Gasteiger partial charge on any atom is -0.289 e. The van der Waals surface area contributed by atoms with Gasteiger partial charge in [0, 0.05) is 11.1 Å². The first-order valence-corrected chi connectivity index (χ1v) is 9.60. The first kappa shape index (κ1) is 18.6. The zero-order valence-corrected chi connectivity index (χ0v) is 15.2. The summed E-state index contributed by atoms with van der Waals surface area (Å²) in [6.45, 7) is 4.42. The number of fused-ring (bicyclic) bond motifs is 1. The van der Waals surface area contributed by atoms with Gasteiger partial charge in [0.05, 0.1) is 0 Å². The van der Waals surface area contributed by atoms with E-state index in [0.29, 0.717) is 11.1 Å². The van der Waals surface area contributed by atoms with Gasteiger partial charge in [0.25, 0.3) is 0 Å². The van der Waals surface area contributed by atoms with Crippen molar-refractivity contribution in [2.75, 3.05) is 0 Å². The number of carbonyl (C=O) groups excluding carboxylic acids is 2. The van der Waals surface area contributed by atoms with Crippen LogP contribution >= 0.6 is 0 Å². The Labute approximate surface area is 146 Å². The van der Waals surface area contributed by atoms with Crippen LogP contribution < -0.4 is 0 Å². The summed E-state index contributed by atoms with van der Waals surface area (Å²) in [4.78, 5) is 24.6. The van der Waals surface area contributed by atoms with E-state index in [1.807, 2.05) is 6.07 Å². The number of hydrogen-bond acceptors (Lipinski definition) is 2. The summed E-state index contributed by atoms with van der Waals surface area (Å²) in [6.07, 6.45) is 14.4. The molecule has 0 bridgehead atoms. The van der Waals surface area contributed by atoms with Crippen LogP contribution in [0.25, 0.3) is 0 Å². The van der Waals surface area contributed by atoms with E-state index in [-0.39, 0.29) is 11.6 Å². The normalized spacial score (nSPS) is 13.4. The fraction of sp³-hybridized carbons (Fsp3) is 0.545. The summed E-state index contributed by atoms with van der Waals surface area (Å²) in [5.41, 5.74) is 3.71. The molecule has 0 radical (unpaired) electrons. The van der Waals surface area contributed by atoms with Crippen LogP contribution in [0, 0.1) is 0 Å². The van der Waals surface area contributed by atoms with Crippen LogP contribution in [0.15, 0.2) is 24.3 Å². The monoisotopic (exact) mass is 326 g/mol. The third-order valence-electron chi connectivity index (χ3n) is 4.89. The number of benzene rings is 1. The van der Waals surface area contributed by atoms with Crippen LogP contribution in [0.1, 0.15) is 97.1 Å². The van der Waals surface area contributed by atoms with Gasteiger partial charge in [-0.3, -0.25) is 9.59 Å². The number of ketones is 2. The molecule has 0 aliphatic heterocycles. The van der Waals surface area contributed by atoms with Gasteiger partial charge < -0.3 is 0 Å². The molecule has 2 nitrogen and oxygen atoms in total. The lowest BCUT2D eigenvalue weighted by atomic mass is 9.84. The molecule has 0 atom stereocenters. The van der Waals surface area contributed by atoms with E-state index >= 15 is 0 Å². The maximum Gasteiger partial charge on any atom is 0.187 e.